The molecule has 0 radical (unpaired) electrons. The highest BCUT2D eigenvalue weighted by atomic mass is 79.9. The number of primary amides is 1. The third-order valence-electron chi connectivity index (χ3n) is 3.51. The van der Waals surface area contributed by atoms with Crippen molar-refractivity contribution < 1.29 is 23.9 Å². The monoisotopic (exact) mass is 346 g/mol. The fraction of sp³-hybridized carbons (Fsp3) is 0.583. The van der Waals surface area contributed by atoms with Gasteiger partial charge in [-0.05, 0) is 18.9 Å². The van der Waals surface area contributed by atoms with Crippen molar-refractivity contribution in [2.45, 2.75) is 36.4 Å². The van der Waals surface area contributed by atoms with Crippen LogP contribution in [0, 0.1) is 0 Å². The summed E-state index contributed by atoms with van der Waals surface area (Å²) in [5.74, 6) is -1.55. The number of hydrogen-bond donors (Lipinski definition) is 1. The van der Waals surface area contributed by atoms with E-state index in [-0.39, 0.29) is 11.7 Å². The molecular formula is C12H15BrN2O5. The van der Waals surface area contributed by atoms with Crippen LogP contribution in [0.5, 0.6) is 0 Å². The van der Waals surface area contributed by atoms with Crippen LogP contribution in [0.3, 0.4) is 0 Å². The Labute approximate surface area is 124 Å². The molecular weight excluding hydrogens is 332 g/mol. The maximum absolute atomic E-state index is 11.8. The molecule has 20 heavy (non-hydrogen) atoms. The maximum atomic E-state index is 11.8. The predicted octanol–water partition coefficient (Wildman–Crippen LogP) is 0.0295. The van der Waals surface area contributed by atoms with Crippen molar-refractivity contribution in [3.8, 4) is 0 Å². The number of nitrogens with zero attached hydrogens (tertiary/aromatic N) is 1. The van der Waals surface area contributed by atoms with E-state index in [1.54, 1.807) is 6.08 Å². The Morgan fingerprint density at radius 2 is 2.20 bits per heavy atom. The van der Waals surface area contributed by atoms with E-state index in [1.807, 2.05) is 0 Å². The molecule has 2 N–H and O–H groups in total. The first kappa shape index (κ1) is 14.8. The Morgan fingerprint density at radius 3 is 2.70 bits per heavy atom. The number of methoxy groups -OCH3 is 1. The average molecular weight is 347 g/mol. The maximum Gasteiger partial charge on any atom is 0.328 e. The molecule has 1 saturated heterocycles. The first-order chi connectivity index (χ1) is 9.30. The Hall–Kier alpha value is -1.57. The van der Waals surface area contributed by atoms with Gasteiger partial charge in [-0.2, -0.15) is 0 Å². The van der Waals surface area contributed by atoms with Crippen LogP contribution >= 0.6 is 15.9 Å². The van der Waals surface area contributed by atoms with Crippen LogP contribution in [0.25, 0.3) is 0 Å². The number of nitrogens with two attached hydrogens (primary N) is 1. The standard InChI is InChI=1S/C12H15BrN2O5/c1-6(16)15-7(10(18)19-2)5-12(13)4-3-8(9(14)17)20-11(12)15/h3,7,11H,4-5H2,1-2H3,(H2,14,17)/t7-,11-,12+/m0/s1. The smallest absolute Gasteiger partial charge is 0.328 e. The zero-order chi connectivity index (χ0) is 15.1. The van der Waals surface area contributed by atoms with Crippen LogP contribution in [-0.2, 0) is 23.9 Å². The lowest BCUT2D eigenvalue weighted by Crippen LogP contribution is -2.50. The van der Waals surface area contributed by atoms with Gasteiger partial charge in [0.05, 0.1) is 11.4 Å². The minimum Gasteiger partial charge on any atom is -0.467 e. The Balaban J connectivity index is 2.36. The summed E-state index contributed by atoms with van der Waals surface area (Å²) >= 11 is 3.52. The van der Waals surface area contributed by atoms with Crippen molar-refractivity contribution in [1.29, 1.82) is 0 Å². The molecule has 0 aromatic carbocycles. The quantitative estimate of drug-likeness (QED) is 0.561. The van der Waals surface area contributed by atoms with E-state index < -0.39 is 28.5 Å². The molecule has 1 fully saturated rings. The van der Waals surface area contributed by atoms with Gasteiger partial charge in [0, 0.05) is 6.92 Å². The van der Waals surface area contributed by atoms with E-state index in [2.05, 4.69) is 15.9 Å². The van der Waals surface area contributed by atoms with Gasteiger partial charge in [0.1, 0.15) is 6.04 Å². The number of rotatable bonds is 2. The van der Waals surface area contributed by atoms with E-state index >= 15 is 0 Å². The van der Waals surface area contributed by atoms with Crippen molar-refractivity contribution >= 4 is 33.7 Å². The van der Waals surface area contributed by atoms with Crippen LogP contribution in [0.15, 0.2) is 11.8 Å². The molecule has 7 nitrogen and oxygen atoms in total. The van der Waals surface area contributed by atoms with Crippen molar-refractivity contribution in [2.75, 3.05) is 7.11 Å². The summed E-state index contributed by atoms with van der Waals surface area (Å²) in [4.78, 5) is 36.2. The number of ether oxygens (including phenoxy) is 2. The van der Waals surface area contributed by atoms with Gasteiger partial charge in [-0.15, -0.1) is 0 Å². The number of carbonyl (C=O) groups excluding carboxylic acids is 3. The van der Waals surface area contributed by atoms with E-state index in [1.165, 1.54) is 18.9 Å². The minimum atomic E-state index is -0.767. The topological polar surface area (TPSA) is 98.9 Å². The number of alkyl halides is 1. The van der Waals surface area contributed by atoms with Crippen LogP contribution < -0.4 is 5.73 Å². The molecule has 0 spiro atoms. The molecule has 2 heterocycles. The largest absolute Gasteiger partial charge is 0.467 e. The lowest BCUT2D eigenvalue weighted by atomic mass is 9.97. The van der Waals surface area contributed by atoms with Crippen molar-refractivity contribution in [3.63, 3.8) is 0 Å². The highest BCUT2D eigenvalue weighted by Gasteiger charge is 2.57. The molecule has 2 rings (SSSR count). The van der Waals surface area contributed by atoms with Crippen LogP contribution in [-0.4, -0.2) is 46.4 Å². The number of fused-ring (bicyclic) bond motifs is 1. The summed E-state index contributed by atoms with van der Waals surface area (Å²) in [6.07, 6.45) is 1.56. The fourth-order valence-corrected chi connectivity index (χ4v) is 3.37. The molecule has 3 atom stereocenters. The summed E-state index contributed by atoms with van der Waals surface area (Å²) in [5, 5.41) is 0. The first-order valence-electron chi connectivity index (χ1n) is 6.02. The van der Waals surface area contributed by atoms with Gasteiger partial charge in [-0.1, -0.05) is 15.9 Å². The molecule has 2 amide bonds. The summed E-state index contributed by atoms with van der Waals surface area (Å²) in [5.41, 5.74) is 5.19. The van der Waals surface area contributed by atoms with Gasteiger partial charge in [0.2, 0.25) is 5.91 Å². The van der Waals surface area contributed by atoms with Crippen molar-refractivity contribution in [2.24, 2.45) is 5.73 Å². The zero-order valence-corrected chi connectivity index (χ0v) is 12.7. The fourth-order valence-electron chi connectivity index (χ4n) is 2.59. The molecule has 8 heteroatoms. The summed E-state index contributed by atoms with van der Waals surface area (Å²) in [7, 11) is 1.26. The van der Waals surface area contributed by atoms with Crippen LogP contribution in [0.4, 0.5) is 0 Å². The number of likely N-dealkylation sites (tertiary alicyclic amines) is 1. The SMILES string of the molecule is COC(=O)[C@@H]1C[C@]2(Br)CC=C(C(N)=O)O[C@@H]2N1C(C)=O. The Kier molecular flexibility index (Phi) is 3.77. The predicted molar refractivity (Wildman–Crippen MR) is 71.4 cm³/mol. The first-order valence-corrected chi connectivity index (χ1v) is 6.81. The normalized spacial score (nSPS) is 31.9. The number of hydrogen-bond acceptors (Lipinski definition) is 5. The highest BCUT2D eigenvalue weighted by Crippen LogP contribution is 2.47. The lowest BCUT2D eigenvalue weighted by Gasteiger charge is -2.36. The Morgan fingerprint density at radius 1 is 1.55 bits per heavy atom. The molecule has 0 aromatic rings. The molecule has 2 aliphatic heterocycles. The average Bonchev–Trinajstić information content (AvgIpc) is 2.69. The highest BCUT2D eigenvalue weighted by molar-refractivity contribution is 9.10. The summed E-state index contributed by atoms with van der Waals surface area (Å²) in [6, 6.07) is -0.748. The molecule has 0 aromatic heterocycles. The molecule has 0 aliphatic carbocycles. The summed E-state index contributed by atoms with van der Waals surface area (Å²) in [6.45, 7) is 1.33. The van der Waals surface area contributed by atoms with Crippen LogP contribution in [0.2, 0.25) is 0 Å². The van der Waals surface area contributed by atoms with Crippen molar-refractivity contribution in [1.82, 2.24) is 4.90 Å². The number of allylic oxidation sites excluding steroid dienone is 1. The molecule has 0 bridgehead atoms. The van der Waals surface area contributed by atoms with E-state index in [0.717, 1.165) is 0 Å². The van der Waals surface area contributed by atoms with Gasteiger partial charge in [-0.3, -0.25) is 14.5 Å². The zero-order valence-electron chi connectivity index (χ0n) is 11.1. The van der Waals surface area contributed by atoms with Crippen LogP contribution in [0.1, 0.15) is 19.8 Å². The van der Waals surface area contributed by atoms with E-state index in [9.17, 15) is 14.4 Å². The number of esters is 1. The third kappa shape index (κ3) is 2.28. The number of amides is 2. The van der Waals surface area contributed by atoms with E-state index in [0.29, 0.717) is 12.8 Å². The number of halogens is 1. The second-order valence-corrected chi connectivity index (χ2v) is 6.39. The second-order valence-electron chi connectivity index (χ2n) is 4.81. The van der Waals surface area contributed by atoms with Gasteiger partial charge in [0.15, 0.2) is 12.0 Å². The summed E-state index contributed by atoms with van der Waals surface area (Å²) < 4.78 is 9.60. The minimum absolute atomic E-state index is 0.00170. The van der Waals surface area contributed by atoms with Gasteiger partial charge in [-0.25, -0.2) is 4.79 Å². The third-order valence-corrected chi connectivity index (χ3v) is 4.55. The molecule has 0 unspecified atom stereocenters. The Bertz CT molecular complexity index is 506. The van der Waals surface area contributed by atoms with Gasteiger partial charge in [0.25, 0.3) is 5.91 Å². The molecule has 0 saturated carbocycles. The van der Waals surface area contributed by atoms with E-state index in [4.69, 9.17) is 15.2 Å². The number of carbonyl (C=O) groups is 3. The lowest BCUT2D eigenvalue weighted by molar-refractivity contribution is -0.157. The van der Waals surface area contributed by atoms with Gasteiger partial charge < -0.3 is 15.2 Å². The molecule has 110 valence electrons. The van der Waals surface area contributed by atoms with Crippen molar-refractivity contribution in [3.05, 3.63) is 11.8 Å². The van der Waals surface area contributed by atoms with Gasteiger partial charge >= 0.3 is 5.97 Å². The second kappa shape index (κ2) is 5.08. The molecule has 2 aliphatic rings.